The van der Waals surface area contributed by atoms with Gasteiger partial charge in [0.15, 0.2) is 22.5 Å². The zero-order chi connectivity index (χ0) is 17.0. The van der Waals surface area contributed by atoms with Gasteiger partial charge in [0.1, 0.15) is 0 Å². The van der Waals surface area contributed by atoms with Crippen molar-refractivity contribution >= 4 is 23.7 Å². The first kappa shape index (κ1) is 16.8. The molecule has 0 aliphatic heterocycles. The van der Waals surface area contributed by atoms with Crippen molar-refractivity contribution in [3.63, 3.8) is 0 Å². The Morgan fingerprint density at radius 2 is 2.04 bits per heavy atom. The fourth-order valence-corrected chi connectivity index (χ4v) is 2.50. The molecule has 1 aromatic carbocycles. The molecule has 0 bridgehead atoms. The highest BCUT2D eigenvalue weighted by Crippen LogP contribution is 2.32. The van der Waals surface area contributed by atoms with Gasteiger partial charge in [0.25, 0.3) is 0 Å². The molecule has 0 radical (unpaired) electrons. The molecule has 0 unspecified atom stereocenters. The molecule has 0 saturated carbocycles. The van der Waals surface area contributed by atoms with E-state index in [1.54, 1.807) is 29.8 Å². The van der Waals surface area contributed by atoms with Crippen molar-refractivity contribution in [3.05, 3.63) is 18.2 Å². The second-order valence-electron chi connectivity index (χ2n) is 4.51. The number of carbonyl (C=O) groups excluding carboxylic acids is 1. The molecule has 1 N–H and O–H groups in total. The average Bonchev–Trinajstić information content (AvgIpc) is 2.86. The molecule has 1 heterocycles. The molecule has 0 fully saturated rings. The number of thioether (sulfide) groups is 1. The van der Waals surface area contributed by atoms with E-state index in [-0.39, 0.29) is 5.75 Å². The Labute approximate surface area is 136 Å². The Balaban J connectivity index is 2.31. The van der Waals surface area contributed by atoms with Crippen molar-refractivity contribution < 1.29 is 24.2 Å². The van der Waals surface area contributed by atoms with Crippen molar-refractivity contribution in [2.75, 3.05) is 12.9 Å². The van der Waals surface area contributed by atoms with Crippen molar-refractivity contribution in [1.29, 1.82) is 0 Å². The van der Waals surface area contributed by atoms with Crippen LogP contribution in [0.4, 0.5) is 0 Å². The zero-order valence-corrected chi connectivity index (χ0v) is 13.6. The number of benzene rings is 1. The molecule has 0 saturated heterocycles. The van der Waals surface area contributed by atoms with Gasteiger partial charge in [-0.2, -0.15) is 0 Å². The second-order valence-corrected chi connectivity index (χ2v) is 5.45. The van der Waals surface area contributed by atoms with Crippen LogP contribution in [-0.2, 0) is 16.6 Å². The normalized spacial score (nSPS) is 10.4. The summed E-state index contributed by atoms with van der Waals surface area (Å²) in [6.45, 7) is 1.31. The summed E-state index contributed by atoms with van der Waals surface area (Å²) in [6, 6.07) is 5.00. The Bertz CT molecular complexity index is 744. The van der Waals surface area contributed by atoms with Crippen molar-refractivity contribution in [2.45, 2.75) is 12.1 Å². The predicted molar refractivity (Wildman–Crippen MR) is 82.7 cm³/mol. The summed E-state index contributed by atoms with van der Waals surface area (Å²) in [5, 5.41) is 17.3. The number of aliphatic carboxylic acids is 1. The SMILES string of the molecule is COc1cc(-c2nnc(SCC(=O)O)n2C)ccc1OC(C)=O. The molecule has 23 heavy (non-hydrogen) atoms. The van der Waals surface area contributed by atoms with Crippen molar-refractivity contribution in [1.82, 2.24) is 14.8 Å². The second kappa shape index (κ2) is 7.14. The molecule has 9 heteroatoms. The first-order chi connectivity index (χ1) is 10.9. The number of aromatic nitrogens is 3. The van der Waals surface area contributed by atoms with E-state index in [0.29, 0.717) is 28.0 Å². The highest BCUT2D eigenvalue weighted by atomic mass is 32.2. The first-order valence-corrected chi connectivity index (χ1v) is 7.51. The molecule has 0 spiro atoms. The Hall–Kier alpha value is -2.55. The minimum atomic E-state index is -0.924. The predicted octanol–water partition coefficient (Wildman–Crippen LogP) is 1.59. The monoisotopic (exact) mass is 337 g/mol. The lowest BCUT2D eigenvalue weighted by Gasteiger charge is -2.10. The number of hydrogen-bond acceptors (Lipinski definition) is 7. The molecule has 8 nitrogen and oxygen atoms in total. The number of carboxylic acids is 1. The van der Waals surface area contributed by atoms with Gasteiger partial charge in [0.2, 0.25) is 0 Å². The fraction of sp³-hybridized carbons (Fsp3) is 0.286. The minimum Gasteiger partial charge on any atom is -0.493 e. The third-order valence-electron chi connectivity index (χ3n) is 2.84. The van der Waals surface area contributed by atoms with Gasteiger partial charge in [-0.3, -0.25) is 9.59 Å². The van der Waals surface area contributed by atoms with E-state index in [9.17, 15) is 9.59 Å². The smallest absolute Gasteiger partial charge is 0.313 e. The average molecular weight is 337 g/mol. The molecule has 122 valence electrons. The lowest BCUT2D eigenvalue weighted by atomic mass is 10.2. The van der Waals surface area contributed by atoms with Crippen LogP contribution in [-0.4, -0.2) is 44.7 Å². The topological polar surface area (TPSA) is 104 Å². The van der Waals surface area contributed by atoms with Gasteiger partial charge in [-0.05, 0) is 18.2 Å². The van der Waals surface area contributed by atoms with Gasteiger partial charge in [0.05, 0.1) is 12.9 Å². The lowest BCUT2D eigenvalue weighted by molar-refractivity contribution is -0.134. The molecule has 0 aliphatic rings. The molecule has 0 aliphatic carbocycles. The van der Waals surface area contributed by atoms with Gasteiger partial charge in [-0.25, -0.2) is 0 Å². The van der Waals surface area contributed by atoms with Crippen LogP contribution < -0.4 is 9.47 Å². The molecule has 0 amide bonds. The van der Waals surface area contributed by atoms with E-state index in [1.165, 1.54) is 14.0 Å². The third kappa shape index (κ3) is 4.01. The van der Waals surface area contributed by atoms with Crippen LogP contribution in [0.2, 0.25) is 0 Å². The number of hydrogen-bond donors (Lipinski definition) is 1. The van der Waals surface area contributed by atoms with E-state index < -0.39 is 11.9 Å². The quantitative estimate of drug-likeness (QED) is 0.481. The number of nitrogens with zero attached hydrogens (tertiary/aromatic N) is 3. The van der Waals surface area contributed by atoms with Crippen LogP contribution in [0.1, 0.15) is 6.92 Å². The standard InChI is InChI=1S/C14H15N3O5S/c1-8(18)22-10-5-4-9(6-11(10)21-3)13-15-16-14(17(13)2)23-7-12(19)20/h4-6H,7H2,1-3H3,(H,19,20). The zero-order valence-electron chi connectivity index (χ0n) is 12.8. The number of methoxy groups -OCH3 is 1. The van der Waals surface area contributed by atoms with Crippen molar-refractivity contribution in [2.24, 2.45) is 7.05 Å². The maximum absolute atomic E-state index is 11.1. The highest BCUT2D eigenvalue weighted by Gasteiger charge is 2.15. The maximum atomic E-state index is 11.1. The summed E-state index contributed by atoms with van der Waals surface area (Å²) in [4.78, 5) is 21.7. The summed E-state index contributed by atoms with van der Waals surface area (Å²) in [6.07, 6.45) is 0. The highest BCUT2D eigenvalue weighted by molar-refractivity contribution is 7.99. The number of esters is 1. The fourth-order valence-electron chi connectivity index (χ4n) is 1.86. The molecular weight excluding hydrogens is 322 g/mol. The van der Waals surface area contributed by atoms with E-state index >= 15 is 0 Å². The van der Waals surface area contributed by atoms with Gasteiger partial charge < -0.3 is 19.1 Å². The van der Waals surface area contributed by atoms with Crippen LogP contribution in [0, 0.1) is 0 Å². The lowest BCUT2D eigenvalue weighted by Crippen LogP contribution is -2.03. The van der Waals surface area contributed by atoms with Crippen LogP contribution in [0.25, 0.3) is 11.4 Å². The molecule has 1 aromatic heterocycles. The Morgan fingerprint density at radius 3 is 2.65 bits per heavy atom. The Morgan fingerprint density at radius 1 is 1.30 bits per heavy atom. The summed E-state index contributed by atoms with van der Waals surface area (Å²) >= 11 is 1.08. The first-order valence-electron chi connectivity index (χ1n) is 6.53. The van der Waals surface area contributed by atoms with E-state index in [4.69, 9.17) is 14.6 Å². The minimum absolute atomic E-state index is 0.0965. The molecular formula is C14H15N3O5S. The number of ether oxygens (including phenoxy) is 2. The van der Waals surface area contributed by atoms with Gasteiger partial charge in [-0.15, -0.1) is 10.2 Å². The van der Waals surface area contributed by atoms with Gasteiger partial charge in [-0.1, -0.05) is 11.8 Å². The Kier molecular flexibility index (Phi) is 5.22. The van der Waals surface area contributed by atoms with Crippen LogP contribution in [0.3, 0.4) is 0 Å². The molecule has 2 rings (SSSR count). The number of rotatable bonds is 6. The maximum Gasteiger partial charge on any atom is 0.313 e. The largest absolute Gasteiger partial charge is 0.493 e. The summed E-state index contributed by atoms with van der Waals surface area (Å²) in [7, 11) is 3.21. The van der Waals surface area contributed by atoms with Gasteiger partial charge >= 0.3 is 11.9 Å². The van der Waals surface area contributed by atoms with Gasteiger partial charge in [0, 0.05) is 19.5 Å². The van der Waals surface area contributed by atoms with Crippen LogP contribution >= 0.6 is 11.8 Å². The molecule has 0 atom stereocenters. The summed E-state index contributed by atoms with van der Waals surface area (Å²) in [5.41, 5.74) is 0.704. The number of carbonyl (C=O) groups is 2. The van der Waals surface area contributed by atoms with E-state index in [1.807, 2.05) is 0 Å². The van der Waals surface area contributed by atoms with Crippen molar-refractivity contribution in [3.8, 4) is 22.9 Å². The molecule has 2 aromatic rings. The number of carboxylic acid groups (broad SMARTS) is 1. The summed E-state index contributed by atoms with van der Waals surface area (Å²) in [5.74, 6) is -0.216. The van der Waals surface area contributed by atoms with Crippen LogP contribution in [0.5, 0.6) is 11.5 Å². The van der Waals surface area contributed by atoms with Crippen LogP contribution in [0.15, 0.2) is 23.4 Å². The summed E-state index contributed by atoms with van der Waals surface area (Å²) < 4.78 is 12.0. The third-order valence-corrected chi connectivity index (χ3v) is 3.84. The van der Waals surface area contributed by atoms with E-state index in [2.05, 4.69) is 10.2 Å². The van der Waals surface area contributed by atoms with E-state index in [0.717, 1.165) is 11.8 Å².